The summed E-state index contributed by atoms with van der Waals surface area (Å²) in [4.78, 5) is 14.0. The van der Waals surface area contributed by atoms with Crippen molar-refractivity contribution in [2.75, 3.05) is 19.8 Å². The first kappa shape index (κ1) is 12.5. The predicted octanol–water partition coefficient (Wildman–Crippen LogP) is 0.751. The predicted molar refractivity (Wildman–Crippen MR) is 59.5 cm³/mol. The first-order valence-electron chi connectivity index (χ1n) is 5.70. The third-order valence-corrected chi connectivity index (χ3v) is 3.18. The zero-order valence-electron chi connectivity index (χ0n) is 9.95. The van der Waals surface area contributed by atoms with Gasteiger partial charge in [0.15, 0.2) is 0 Å². The molecule has 1 aliphatic heterocycles. The van der Waals surface area contributed by atoms with Gasteiger partial charge in [0.05, 0.1) is 24.8 Å². The van der Waals surface area contributed by atoms with Crippen LogP contribution in [0.4, 0.5) is 0 Å². The molecule has 4 nitrogen and oxygen atoms in total. The topological polar surface area (TPSA) is 55.6 Å². The van der Waals surface area contributed by atoms with Gasteiger partial charge < -0.3 is 15.4 Å². The zero-order chi connectivity index (χ0) is 11.5. The number of morpholine rings is 1. The summed E-state index contributed by atoms with van der Waals surface area (Å²) >= 11 is 0. The van der Waals surface area contributed by atoms with E-state index in [-0.39, 0.29) is 11.9 Å². The first-order chi connectivity index (χ1) is 7.03. The monoisotopic (exact) mass is 214 g/mol. The largest absolute Gasteiger partial charge is 0.377 e. The molecule has 4 heteroatoms. The third kappa shape index (κ3) is 2.69. The first-order valence-corrected chi connectivity index (χ1v) is 5.70. The molecule has 1 aliphatic rings. The summed E-state index contributed by atoms with van der Waals surface area (Å²) in [6, 6.07) is 0.195. The Morgan fingerprint density at radius 2 is 2.27 bits per heavy atom. The summed E-state index contributed by atoms with van der Waals surface area (Å²) in [5, 5.41) is 0. The van der Waals surface area contributed by atoms with Gasteiger partial charge in [0.1, 0.15) is 0 Å². The van der Waals surface area contributed by atoms with Crippen molar-refractivity contribution in [3.05, 3.63) is 0 Å². The molecule has 15 heavy (non-hydrogen) atoms. The Morgan fingerprint density at radius 3 is 2.80 bits per heavy atom. The van der Waals surface area contributed by atoms with Crippen molar-refractivity contribution in [3.63, 3.8) is 0 Å². The van der Waals surface area contributed by atoms with Crippen molar-refractivity contribution >= 4 is 5.91 Å². The second kappa shape index (κ2) is 4.94. The SMILES string of the molecule is CCC1COCCN1C(=O)C(C)(N)CC. The molecule has 0 spiro atoms. The van der Waals surface area contributed by atoms with Gasteiger partial charge in [-0.05, 0) is 19.8 Å². The fraction of sp³-hybridized carbons (Fsp3) is 0.909. The highest BCUT2D eigenvalue weighted by atomic mass is 16.5. The number of amides is 1. The van der Waals surface area contributed by atoms with Crippen LogP contribution in [0.2, 0.25) is 0 Å². The molecule has 0 aromatic heterocycles. The van der Waals surface area contributed by atoms with E-state index in [1.807, 2.05) is 11.8 Å². The van der Waals surface area contributed by atoms with Gasteiger partial charge in [0, 0.05) is 6.54 Å². The highest BCUT2D eigenvalue weighted by Gasteiger charge is 2.35. The molecule has 0 saturated carbocycles. The van der Waals surface area contributed by atoms with E-state index in [2.05, 4.69) is 6.92 Å². The molecule has 0 radical (unpaired) electrons. The summed E-state index contributed by atoms with van der Waals surface area (Å²) < 4.78 is 5.36. The number of rotatable bonds is 3. The van der Waals surface area contributed by atoms with Gasteiger partial charge in [-0.3, -0.25) is 4.79 Å². The summed E-state index contributed by atoms with van der Waals surface area (Å²) in [7, 11) is 0. The lowest BCUT2D eigenvalue weighted by molar-refractivity contribution is -0.145. The van der Waals surface area contributed by atoms with Crippen LogP contribution in [0.3, 0.4) is 0 Å². The molecule has 0 aromatic rings. The molecule has 2 N–H and O–H groups in total. The molecule has 1 rings (SSSR count). The molecule has 2 unspecified atom stereocenters. The van der Waals surface area contributed by atoms with Gasteiger partial charge in [-0.1, -0.05) is 13.8 Å². The van der Waals surface area contributed by atoms with Gasteiger partial charge in [-0.2, -0.15) is 0 Å². The maximum Gasteiger partial charge on any atom is 0.242 e. The molecule has 0 bridgehead atoms. The number of hydrogen-bond donors (Lipinski definition) is 1. The molecule has 1 fully saturated rings. The number of carbonyl (C=O) groups is 1. The minimum Gasteiger partial charge on any atom is -0.377 e. The van der Waals surface area contributed by atoms with Gasteiger partial charge in [0.2, 0.25) is 5.91 Å². The van der Waals surface area contributed by atoms with Crippen LogP contribution < -0.4 is 5.73 Å². The second-order valence-electron chi connectivity index (χ2n) is 4.41. The molecular weight excluding hydrogens is 192 g/mol. The van der Waals surface area contributed by atoms with Crippen molar-refractivity contribution in [3.8, 4) is 0 Å². The molecule has 1 saturated heterocycles. The Morgan fingerprint density at radius 1 is 1.60 bits per heavy atom. The van der Waals surface area contributed by atoms with Crippen LogP contribution in [-0.4, -0.2) is 42.1 Å². The highest BCUT2D eigenvalue weighted by molar-refractivity contribution is 5.86. The van der Waals surface area contributed by atoms with Gasteiger partial charge in [-0.25, -0.2) is 0 Å². The van der Waals surface area contributed by atoms with Crippen LogP contribution in [0, 0.1) is 0 Å². The molecule has 0 aromatic carbocycles. The third-order valence-electron chi connectivity index (χ3n) is 3.18. The number of ether oxygens (including phenoxy) is 1. The van der Waals surface area contributed by atoms with Crippen LogP contribution in [0.15, 0.2) is 0 Å². The lowest BCUT2D eigenvalue weighted by Crippen LogP contribution is -2.59. The van der Waals surface area contributed by atoms with Crippen molar-refractivity contribution in [2.24, 2.45) is 5.73 Å². The van der Waals surface area contributed by atoms with E-state index >= 15 is 0 Å². The van der Waals surface area contributed by atoms with Crippen molar-refractivity contribution in [1.82, 2.24) is 4.90 Å². The van der Waals surface area contributed by atoms with Crippen molar-refractivity contribution in [2.45, 2.75) is 45.2 Å². The van der Waals surface area contributed by atoms with Gasteiger partial charge in [-0.15, -0.1) is 0 Å². The fourth-order valence-corrected chi connectivity index (χ4v) is 1.74. The molecule has 2 atom stereocenters. The quantitative estimate of drug-likeness (QED) is 0.754. The van der Waals surface area contributed by atoms with Crippen LogP contribution in [-0.2, 0) is 9.53 Å². The van der Waals surface area contributed by atoms with Crippen LogP contribution in [0.1, 0.15) is 33.6 Å². The number of nitrogens with two attached hydrogens (primary N) is 1. The van der Waals surface area contributed by atoms with Gasteiger partial charge in [0.25, 0.3) is 0 Å². The molecule has 1 heterocycles. The summed E-state index contributed by atoms with van der Waals surface area (Å²) in [5.41, 5.74) is 5.24. The zero-order valence-corrected chi connectivity index (χ0v) is 9.95. The van der Waals surface area contributed by atoms with E-state index in [0.717, 1.165) is 6.42 Å². The van der Waals surface area contributed by atoms with Crippen LogP contribution in [0.5, 0.6) is 0 Å². The van der Waals surface area contributed by atoms with E-state index < -0.39 is 5.54 Å². The van der Waals surface area contributed by atoms with Gasteiger partial charge >= 0.3 is 0 Å². The van der Waals surface area contributed by atoms with E-state index in [0.29, 0.717) is 26.2 Å². The second-order valence-corrected chi connectivity index (χ2v) is 4.41. The average Bonchev–Trinajstić information content (AvgIpc) is 2.28. The standard InChI is InChI=1S/C11H22N2O2/c1-4-9-8-15-7-6-13(9)10(14)11(3,12)5-2/h9H,4-8,12H2,1-3H3. The Balaban J connectivity index is 2.72. The van der Waals surface area contributed by atoms with E-state index in [4.69, 9.17) is 10.5 Å². The normalized spacial score (nSPS) is 26.1. The van der Waals surface area contributed by atoms with Crippen molar-refractivity contribution in [1.29, 1.82) is 0 Å². The maximum atomic E-state index is 12.2. The average molecular weight is 214 g/mol. The number of hydrogen-bond acceptors (Lipinski definition) is 3. The molecular formula is C11H22N2O2. The van der Waals surface area contributed by atoms with E-state index in [9.17, 15) is 4.79 Å². The van der Waals surface area contributed by atoms with E-state index in [1.54, 1.807) is 6.92 Å². The minimum absolute atomic E-state index is 0.0557. The Labute approximate surface area is 91.8 Å². The Hall–Kier alpha value is -0.610. The molecule has 0 aliphatic carbocycles. The lowest BCUT2D eigenvalue weighted by Gasteiger charge is -2.39. The van der Waals surface area contributed by atoms with E-state index in [1.165, 1.54) is 0 Å². The maximum absolute atomic E-state index is 12.2. The molecule has 1 amide bonds. The smallest absolute Gasteiger partial charge is 0.242 e. The fourth-order valence-electron chi connectivity index (χ4n) is 1.74. The summed E-state index contributed by atoms with van der Waals surface area (Å²) in [6.45, 7) is 7.75. The number of nitrogens with zero attached hydrogens (tertiary/aromatic N) is 1. The van der Waals surface area contributed by atoms with Crippen LogP contribution in [0.25, 0.3) is 0 Å². The minimum atomic E-state index is -0.731. The number of carbonyl (C=O) groups excluding carboxylic acids is 1. The Kier molecular flexibility index (Phi) is 4.11. The van der Waals surface area contributed by atoms with Crippen molar-refractivity contribution < 1.29 is 9.53 Å². The Bertz CT molecular complexity index is 229. The summed E-state index contributed by atoms with van der Waals surface area (Å²) in [5.74, 6) is 0.0557. The molecule has 88 valence electrons. The highest BCUT2D eigenvalue weighted by Crippen LogP contribution is 2.17. The summed E-state index contributed by atoms with van der Waals surface area (Å²) in [6.07, 6.45) is 1.59. The van der Waals surface area contributed by atoms with Crippen LogP contribution >= 0.6 is 0 Å². The lowest BCUT2D eigenvalue weighted by atomic mass is 9.97.